The lowest BCUT2D eigenvalue weighted by atomic mass is 10.0. The van der Waals surface area contributed by atoms with Crippen molar-refractivity contribution in [3.05, 3.63) is 45.0 Å². The molecule has 18 heavy (non-hydrogen) atoms. The van der Waals surface area contributed by atoms with Crippen molar-refractivity contribution < 1.29 is 14.5 Å². The van der Waals surface area contributed by atoms with Crippen molar-refractivity contribution in [2.24, 2.45) is 0 Å². The van der Waals surface area contributed by atoms with E-state index in [9.17, 15) is 14.9 Å². The lowest BCUT2D eigenvalue weighted by Gasteiger charge is -2.04. The summed E-state index contributed by atoms with van der Waals surface area (Å²) in [7, 11) is 0. The summed E-state index contributed by atoms with van der Waals surface area (Å²) < 4.78 is 4.73. The van der Waals surface area contributed by atoms with E-state index < -0.39 is 10.9 Å². The third-order valence-corrected chi connectivity index (χ3v) is 2.38. The average molecular weight is 249 g/mol. The molecule has 1 aromatic carbocycles. The van der Waals surface area contributed by atoms with Crippen LogP contribution in [0.25, 0.3) is 6.08 Å². The molecule has 5 heteroatoms. The monoisotopic (exact) mass is 249 g/mol. The van der Waals surface area contributed by atoms with Crippen molar-refractivity contribution in [3.63, 3.8) is 0 Å². The number of ether oxygens (including phenoxy) is 1. The van der Waals surface area contributed by atoms with Gasteiger partial charge < -0.3 is 4.74 Å². The Morgan fingerprint density at radius 1 is 1.44 bits per heavy atom. The molecular formula is C13H15NO4. The fourth-order valence-electron chi connectivity index (χ4n) is 1.67. The molecule has 0 unspecified atom stereocenters. The molecule has 0 radical (unpaired) electrons. The van der Waals surface area contributed by atoms with Crippen LogP contribution in [-0.2, 0) is 9.53 Å². The van der Waals surface area contributed by atoms with Gasteiger partial charge in [-0.15, -0.1) is 0 Å². The van der Waals surface area contributed by atoms with Crippen LogP contribution in [0.2, 0.25) is 0 Å². The number of aryl methyl sites for hydroxylation is 2. The average Bonchev–Trinajstić information content (AvgIpc) is 2.27. The number of esters is 1. The van der Waals surface area contributed by atoms with Crippen LogP contribution in [0.1, 0.15) is 23.6 Å². The largest absolute Gasteiger partial charge is 0.463 e. The molecule has 0 aliphatic carbocycles. The lowest BCUT2D eigenvalue weighted by Crippen LogP contribution is -2.00. The number of carbonyl (C=O) groups excluding carboxylic acids is 1. The maximum atomic E-state index is 11.2. The Bertz CT molecular complexity index is 506. The zero-order valence-corrected chi connectivity index (χ0v) is 10.6. The van der Waals surface area contributed by atoms with E-state index in [1.54, 1.807) is 20.8 Å². The van der Waals surface area contributed by atoms with Crippen LogP contribution in [0.15, 0.2) is 18.2 Å². The van der Waals surface area contributed by atoms with Crippen LogP contribution < -0.4 is 0 Å². The molecule has 0 saturated carbocycles. The molecule has 96 valence electrons. The topological polar surface area (TPSA) is 69.4 Å². The van der Waals surface area contributed by atoms with Crippen molar-refractivity contribution >= 4 is 17.7 Å². The minimum Gasteiger partial charge on any atom is -0.463 e. The fraction of sp³-hybridized carbons (Fsp3) is 0.308. The van der Waals surface area contributed by atoms with E-state index in [1.165, 1.54) is 18.2 Å². The van der Waals surface area contributed by atoms with E-state index in [4.69, 9.17) is 4.74 Å². The van der Waals surface area contributed by atoms with Gasteiger partial charge in [0.15, 0.2) is 0 Å². The van der Waals surface area contributed by atoms with Gasteiger partial charge in [-0.05, 0) is 38.0 Å². The molecule has 1 aromatic rings. The zero-order chi connectivity index (χ0) is 13.7. The number of nitrogens with zero attached hydrogens (tertiary/aromatic N) is 1. The van der Waals surface area contributed by atoms with E-state index in [0.29, 0.717) is 5.56 Å². The summed E-state index contributed by atoms with van der Waals surface area (Å²) in [5.74, 6) is -0.508. The van der Waals surface area contributed by atoms with Gasteiger partial charge >= 0.3 is 5.97 Å². The first-order valence-corrected chi connectivity index (χ1v) is 5.56. The molecule has 0 fully saturated rings. The first-order chi connectivity index (χ1) is 8.45. The highest BCUT2D eigenvalue weighted by Crippen LogP contribution is 2.25. The Kier molecular flexibility index (Phi) is 4.59. The minimum atomic E-state index is -0.508. The lowest BCUT2D eigenvalue weighted by molar-refractivity contribution is -0.385. The molecule has 0 spiro atoms. The summed E-state index contributed by atoms with van der Waals surface area (Å²) >= 11 is 0. The van der Waals surface area contributed by atoms with Gasteiger partial charge in [-0.1, -0.05) is 6.07 Å². The van der Waals surface area contributed by atoms with E-state index >= 15 is 0 Å². The van der Waals surface area contributed by atoms with Crippen molar-refractivity contribution in [3.8, 4) is 0 Å². The van der Waals surface area contributed by atoms with Crippen molar-refractivity contribution in [2.75, 3.05) is 6.61 Å². The maximum absolute atomic E-state index is 11.2. The van der Waals surface area contributed by atoms with E-state index in [0.717, 1.165) is 11.1 Å². The highest BCUT2D eigenvalue weighted by molar-refractivity contribution is 5.88. The molecular weight excluding hydrogens is 234 g/mol. The Balaban J connectivity index is 3.15. The van der Waals surface area contributed by atoms with E-state index in [-0.39, 0.29) is 12.3 Å². The number of benzene rings is 1. The molecule has 0 heterocycles. The molecule has 0 aliphatic rings. The van der Waals surface area contributed by atoms with E-state index in [1.807, 2.05) is 6.07 Å². The number of hydrogen-bond acceptors (Lipinski definition) is 4. The zero-order valence-electron chi connectivity index (χ0n) is 10.6. The van der Waals surface area contributed by atoms with Crippen LogP contribution in [-0.4, -0.2) is 17.5 Å². The van der Waals surface area contributed by atoms with Gasteiger partial charge in [-0.3, -0.25) is 10.1 Å². The normalized spacial score (nSPS) is 10.6. The SMILES string of the molecule is CCOC(=O)C=Cc1c(C)cc(C)cc1[N+](=O)[O-]. The van der Waals surface area contributed by atoms with Crippen molar-refractivity contribution in [1.29, 1.82) is 0 Å². The highest BCUT2D eigenvalue weighted by atomic mass is 16.6. The van der Waals surface area contributed by atoms with Gasteiger partial charge in [0.05, 0.1) is 17.1 Å². The van der Waals surface area contributed by atoms with Crippen LogP contribution >= 0.6 is 0 Å². The van der Waals surface area contributed by atoms with Crippen LogP contribution in [0.5, 0.6) is 0 Å². The third-order valence-electron chi connectivity index (χ3n) is 2.38. The van der Waals surface area contributed by atoms with Gasteiger partial charge in [-0.2, -0.15) is 0 Å². The summed E-state index contributed by atoms with van der Waals surface area (Å²) in [4.78, 5) is 21.7. The van der Waals surface area contributed by atoms with Gasteiger partial charge in [0.25, 0.3) is 5.69 Å². The summed E-state index contributed by atoms with van der Waals surface area (Å²) in [5.41, 5.74) is 1.99. The van der Waals surface area contributed by atoms with E-state index in [2.05, 4.69) is 0 Å². The smallest absolute Gasteiger partial charge is 0.330 e. The molecule has 5 nitrogen and oxygen atoms in total. The summed E-state index contributed by atoms with van der Waals surface area (Å²) in [6, 6.07) is 3.32. The number of nitro groups is 1. The van der Waals surface area contributed by atoms with Crippen molar-refractivity contribution in [2.45, 2.75) is 20.8 Å². The second-order valence-corrected chi connectivity index (χ2v) is 3.86. The summed E-state index contributed by atoms with van der Waals surface area (Å²) in [6.45, 7) is 5.53. The fourth-order valence-corrected chi connectivity index (χ4v) is 1.67. The van der Waals surface area contributed by atoms with Gasteiger partial charge in [0, 0.05) is 12.1 Å². The molecule has 1 rings (SSSR count). The minimum absolute atomic E-state index is 0.00644. The maximum Gasteiger partial charge on any atom is 0.330 e. The third kappa shape index (κ3) is 3.41. The molecule has 0 saturated heterocycles. The van der Waals surface area contributed by atoms with Crippen LogP contribution in [0.4, 0.5) is 5.69 Å². The van der Waals surface area contributed by atoms with Crippen molar-refractivity contribution in [1.82, 2.24) is 0 Å². The molecule has 0 aromatic heterocycles. The Morgan fingerprint density at radius 2 is 2.11 bits per heavy atom. The molecule has 0 atom stereocenters. The number of hydrogen-bond donors (Lipinski definition) is 0. The number of rotatable bonds is 4. The standard InChI is InChI=1S/C13H15NO4/c1-4-18-13(15)6-5-11-10(3)7-9(2)8-12(11)14(16)17/h5-8H,4H2,1-3H3. The highest BCUT2D eigenvalue weighted by Gasteiger charge is 2.14. The Morgan fingerprint density at radius 3 is 2.67 bits per heavy atom. The van der Waals surface area contributed by atoms with Crippen LogP contribution in [0.3, 0.4) is 0 Å². The van der Waals surface area contributed by atoms with Crippen LogP contribution in [0, 0.1) is 24.0 Å². The van der Waals surface area contributed by atoms with Gasteiger partial charge in [0.2, 0.25) is 0 Å². The quantitative estimate of drug-likeness (QED) is 0.356. The second kappa shape index (κ2) is 5.95. The molecule has 0 amide bonds. The first-order valence-electron chi connectivity index (χ1n) is 5.56. The summed E-state index contributed by atoms with van der Waals surface area (Å²) in [6.07, 6.45) is 2.62. The molecule has 0 aliphatic heterocycles. The summed E-state index contributed by atoms with van der Waals surface area (Å²) in [5, 5.41) is 11.0. The predicted octanol–water partition coefficient (Wildman–Crippen LogP) is 2.79. The predicted molar refractivity (Wildman–Crippen MR) is 68.2 cm³/mol. The first kappa shape index (κ1) is 13.9. The number of carbonyl (C=O) groups is 1. The molecule has 0 bridgehead atoms. The van der Waals surface area contributed by atoms with Gasteiger partial charge in [0.1, 0.15) is 0 Å². The van der Waals surface area contributed by atoms with Gasteiger partial charge in [-0.25, -0.2) is 4.79 Å². The molecule has 0 N–H and O–H groups in total. The second-order valence-electron chi connectivity index (χ2n) is 3.86. The Labute approximate surface area is 105 Å². The number of nitro benzene ring substituents is 1. The Hall–Kier alpha value is -2.17.